The second-order valence-electron chi connectivity index (χ2n) is 3.30. The third-order valence-electron chi connectivity index (χ3n) is 2.31. The molecule has 0 bridgehead atoms. The molecular weight excluding hydrogens is 180 g/mol. The highest BCUT2D eigenvalue weighted by Gasteiger charge is 2.18. The first-order valence-electron chi connectivity index (χ1n) is 4.69. The largest absolute Gasteiger partial charge is 0.496 e. The number of benzene rings is 1. The van der Waals surface area contributed by atoms with Gasteiger partial charge in [0.1, 0.15) is 5.75 Å². The third-order valence-corrected chi connectivity index (χ3v) is 2.31. The molecule has 1 aromatic rings. The molecule has 1 saturated heterocycles. The molecule has 2 rings (SSSR count). The van der Waals surface area contributed by atoms with E-state index >= 15 is 0 Å². The van der Waals surface area contributed by atoms with Crippen LogP contribution in [0, 0.1) is 6.92 Å². The Balaban J connectivity index is 2.23. The summed E-state index contributed by atoms with van der Waals surface area (Å²) in [5.41, 5.74) is 2.16. The van der Waals surface area contributed by atoms with E-state index in [2.05, 4.69) is 0 Å². The summed E-state index contributed by atoms with van der Waals surface area (Å²) >= 11 is 0. The number of methoxy groups -OCH3 is 1. The minimum atomic E-state index is -0.195. The van der Waals surface area contributed by atoms with Gasteiger partial charge < -0.3 is 14.2 Å². The van der Waals surface area contributed by atoms with Crippen molar-refractivity contribution in [3.05, 3.63) is 29.3 Å². The summed E-state index contributed by atoms with van der Waals surface area (Å²) in [6.45, 7) is 3.36. The molecule has 3 heteroatoms. The Morgan fingerprint density at radius 2 is 2.00 bits per heavy atom. The smallest absolute Gasteiger partial charge is 0.184 e. The Labute approximate surface area is 83.6 Å². The van der Waals surface area contributed by atoms with E-state index in [1.165, 1.54) is 0 Å². The van der Waals surface area contributed by atoms with Gasteiger partial charge in [-0.05, 0) is 24.6 Å². The number of aryl methyl sites for hydroxylation is 1. The Kier molecular flexibility index (Phi) is 2.70. The molecule has 1 heterocycles. The van der Waals surface area contributed by atoms with Crippen LogP contribution in [0.4, 0.5) is 0 Å². The molecule has 14 heavy (non-hydrogen) atoms. The minimum absolute atomic E-state index is 0.195. The first-order chi connectivity index (χ1) is 6.81. The Hall–Kier alpha value is -1.06. The Bertz CT molecular complexity index is 316. The number of ether oxygens (including phenoxy) is 3. The molecule has 0 saturated carbocycles. The third kappa shape index (κ3) is 1.74. The lowest BCUT2D eigenvalue weighted by atomic mass is 10.1. The van der Waals surface area contributed by atoms with Gasteiger partial charge in [0.05, 0.1) is 20.3 Å². The van der Waals surface area contributed by atoms with Gasteiger partial charge in [0.15, 0.2) is 6.29 Å². The molecule has 1 aliphatic heterocycles. The highest BCUT2D eigenvalue weighted by molar-refractivity contribution is 5.36. The maximum atomic E-state index is 5.40. The fourth-order valence-corrected chi connectivity index (χ4v) is 1.60. The zero-order valence-corrected chi connectivity index (χ0v) is 8.45. The van der Waals surface area contributed by atoms with E-state index in [0.717, 1.165) is 16.9 Å². The van der Waals surface area contributed by atoms with Crippen LogP contribution < -0.4 is 4.74 Å². The van der Waals surface area contributed by atoms with Gasteiger partial charge in [-0.1, -0.05) is 6.07 Å². The molecule has 1 aliphatic rings. The number of rotatable bonds is 2. The zero-order chi connectivity index (χ0) is 9.97. The van der Waals surface area contributed by atoms with E-state index in [0.29, 0.717) is 13.2 Å². The monoisotopic (exact) mass is 194 g/mol. The van der Waals surface area contributed by atoms with Gasteiger partial charge in [-0.2, -0.15) is 0 Å². The maximum absolute atomic E-state index is 5.40. The van der Waals surface area contributed by atoms with Gasteiger partial charge in [0, 0.05) is 5.56 Å². The van der Waals surface area contributed by atoms with Crippen LogP contribution in [0.2, 0.25) is 0 Å². The van der Waals surface area contributed by atoms with Gasteiger partial charge in [0.2, 0.25) is 0 Å². The van der Waals surface area contributed by atoms with Gasteiger partial charge in [-0.15, -0.1) is 0 Å². The minimum Gasteiger partial charge on any atom is -0.496 e. The van der Waals surface area contributed by atoms with Crippen molar-refractivity contribution in [1.82, 2.24) is 0 Å². The molecule has 0 spiro atoms. The molecule has 0 aromatic heterocycles. The summed E-state index contributed by atoms with van der Waals surface area (Å²) in [7, 11) is 1.67. The molecular formula is C11H14O3. The molecule has 0 N–H and O–H groups in total. The lowest BCUT2D eigenvalue weighted by molar-refractivity contribution is -0.0441. The number of hydrogen-bond donors (Lipinski definition) is 0. The van der Waals surface area contributed by atoms with E-state index in [1.54, 1.807) is 7.11 Å². The molecule has 0 radical (unpaired) electrons. The van der Waals surface area contributed by atoms with E-state index in [4.69, 9.17) is 14.2 Å². The van der Waals surface area contributed by atoms with Gasteiger partial charge in [0.25, 0.3) is 0 Å². The standard InChI is InChI=1S/C11H14O3/c1-8-7-9(3-4-10(8)12-2)11-13-5-6-14-11/h3-4,7,11H,5-6H2,1-2H3. The van der Waals surface area contributed by atoms with Crippen LogP contribution >= 0.6 is 0 Å². The molecule has 1 fully saturated rings. The van der Waals surface area contributed by atoms with Gasteiger partial charge in [-0.3, -0.25) is 0 Å². The quantitative estimate of drug-likeness (QED) is 0.721. The summed E-state index contributed by atoms with van der Waals surface area (Å²) in [4.78, 5) is 0. The van der Waals surface area contributed by atoms with Crippen molar-refractivity contribution in [2.45, 2.75) is 13.2 Å². The molecule has 0 unspecified atom stereocenters. The van der Waals surface area contributed by atoms with Crippen molar-refractivity contribution >= 4 is 0 Å². The Morgan fingerprint density at radius 3 is 2.57 bits per heavy atom. The lowest BCUT2D eigenvalue weighted by Gasteiger charge is -2.11. The van der Waals surface area contributed by atoms with Gasteiger partial charge in [-0.25, -0.2) is 0 Å². The SMILES string of the molecule is COc1ccc(C2OCCO2)cc1C. The topological polar surface area (TPSA) is 27.7 Å². The van der Waals surface area contributed by atoms with Crippen LogP contribution in [-0.4, -0.2) is 20.3 Å². The molecule has 0 aliphatic carbocycles. The maximum Gasteiger partial charge on any atom is 0.184 e. The van der Waals surface area contributed by atoms with Crippen molar-refractivity contribution in [2.75, 3.05) is 20.3 Å². The van der Waals surface area contributed by atoms with Crippen molar-refractivity contribution < 1.29 is 14.2 Å². The van der Waals surface area contributed by atoms with Crippen LogP contribution in [0.3, 0.4) is 0 Å². The van der Waals surface area contributed by atoms with E-state index in [9.17, 15) is 0 Å². The molecule has 1 aromatic carbocycles. The fourth-order valence-electron chi connectivity index (χ4n) is 1.60. The molecule has 0 atom stereocenters. The first kappa shape index (κ1) is 9.49. The van der Waals surface area contributed by atoms with E-state index < -0.39 is 0 Å². The normalized spacial score (nSPS) is 17.3. The highest BCUT2D eigenvalue weighted by atomic mass is 16.7. The predicted octanol–water partition coefficient (Wildman–Crippen LogP) is 2.05. The summed E-state index contributed by atoms with van der Waals surface area (Å²) in [6, 6.07) is 5.95. The van der Waals surface area contributed by atoms with E-state index in [-0.39, 0.29) is 6.29 Å². The second kappa shape index (κ2) is 3.98. The first-order valence-corrected chi connectivity index (χ1v) is 4.69. The average molecular weight is 194 g/mol. The molecule has 0 amide bonds. The fraction of sp³-hybridized carbons (Fsp3) is 0.455. The summed E-state index contributed by atoms with van der Waals surface area (Å²) in [5.74, 6) is 0.895. The van der Waals surface area contributed by atoms with Crippen molar-refractivity contribution in [3.63, 3.8) is 0 Å². The molecule has 3 nitrogen and oxygen atoms in total. The summed E-state index contributed by atoms with van der Waals surface area (Å²) in [5, 5.41) is 0. The summed E-state index contributed by atoms with van der Waals surface area (Å²) < 4.78 is 16.0. The van der Waals surface area contributed by atoms with Crippen molar-refractivity contribution in [2.24, 2.45) is 0 Å². The average Bonchev–Trinajstić information content (AvgIpc) is 2.70. The van der Waals surface area contributed by atoms with Crippen LogP contribution in [0.15, 0.2) is 18.2 Å². The Morgan fingerprint density at radius 1 is 1.29 bits per heavy atom. The van der Waals surface area contributed by atoms with Gasteiger partial charge >= 0.3 is 0 Å². The second-order valence-corrected chi connectivity index (χ2v) is 3.30. The predicted molar refractivity (Wildman–Crippen MR) is 52.4 cm³/mol. The zero-order valence-electron chi connectivity index (χ0n) is 8.45. The number of hydrogen-bond acceptors (Lipinski definition) is 3. The van der Waals surface area contributed by atoms with Crippen molar-refractivity contribution in [3.8, 4) is 5.75 Å². The van der Waals surface area contributed by atoms with Crippen LogP contribution in [0.1, 0.15) is 17.4 Å². The van der Waals surface area contributed by atoms with E-state index in [1.807, 2.05) is 25.1 Å². The molecule has 76 valence electrons. The van der Waals surface area contributed by atoms with Crippen LogP contribution in [-0.2, 0) is 9.47 Å². The lowest BCUT2D eigenvalue weighted by Crippen LogP contribution is -1.99. The van der Waals surface area contributed by atoms with Crippen molar-refractivity contribution in [1.29, 1.82) is 0 Å². The summed E-state index contributed by atoms with van der Waals surface area (Å²) in [6.07, 6.45) is -0.195. The van der Waals surface area contributed by atoms with Crippen LogP contribution in [0.5, 0.6) is 5.75 Å². The highest BCUT2D eigenvalue weighted by Crippen LogP contribution is 2.27. The van der Waals surface area contributed by atoms with Crippen LogP contribution in [0.25, 0.3) is 0 Å².